The first-order valence-electron chi connectivity index (χ1n) is 12.2. The van der Waals surface area contributed by atoms with E-state index in [0.29, 0.717) is 22.5 Å². The second kappa shape index (κ2) is 11.8. The van der Waals surface area contributed by atoms with Gasteiger partial charge in [-0.3, -0.25) is 5.10 Å². The number of nitrogens with zero attached hydrogens (tertiary/aromatic N) is 5. The fraction of sp³-hybridized carbons (Fsp3) is 0.480. The Morgan fingerprint density at radius 3 is 2.46 bits per heavy atom. The number of ether oxygens (including phenoxy) is 1. The van der Waals surface area contributed by atoms with E-state index in [0.717, 1.165) is 55.3 Å². The number of methoxy groups -OCH3 is 1. The molecule has 0 atom stereocenters. The minimum absolute atomic E-state index is 0.238. The second-order valence-electron chi connectivity index (χ2n) is 9.60. The van der Waals surface area contributed by atoms with Crippen LogP contribution in [-0.2, 0) is 9.84 Å². The number of aryl methyl sites for hydroxylation is 1. The number of hydrogen-bond donors (Lipinski definition) is 2. The Kier molecular flexibility index (Phi) is 8.73. The van der Waals surface area contributed by atoms with E-state index in [1.54, 1.807) is 31.4 Å². The molecule has 1 aliphatic rings. The van der Waals surface area contributed by atoms with Gasteiger partial charge in [-0.2, -0.15) is 5.10 Å². The van der Waals surface area contributed by atoms with Gasteiger partial charge in [0.15, 0.2) is 32.4 Å². The van der Waals surface area contributed by atoms with Crippen molar-refractivity contribution >= 4 is 33.2 Å². The maximum Gasteiger partial charge on any atom is 0.194 e. The molecule has 4 rings (SSSR count). The summed E-state index contributed by atoms with van der Waals surface area (Å²) in [6.07, 6.45) is 3.17. The lowest BCUT2D eigenvalue weighted by Gasteiger charge is -2.33. The second-order valence-corrected chi connectivity index (χ2v) is 12.7. The van der Waals surface area contributed by atoms with E-state index in [4.69, 9.17) is 14.7 Å². The van der Waals surface area contributed by atoms with E-state index in [1.165, 1.54) is 18.0 Å². The summed E-state index contributed by atoms with van der Waals surface area (Å²) in [5, 5.41) is 11.1. The number of likely N-dealkylation sites (tertiary alicyclic amines) is 1. The number of nitrogens with one attached hydrogen (secondary N) is 2. The van der Waals surface area contributed by atoms with Crippen molar-refractivity contribution < 1.29 is 13.2 Å². The zero-order valence-electron chi connectivity index (χ0n) is 22.0. The molecule has 12 heteroatoms. The number of rotatable bonds is 10. The van der Waals surface area contributed by atoms with Crippen LogP contribution in [0, 0.1) is 6.92 Å². The summed E-state index contributed by atoms with van der Waals surface area (Å²) in [6.45, 7) is 6.03. The fourth-order valence-corrected chi connectivity index (χ4v) is 5.68. The molecule has 37 heavy (non-hydrogen) atoms. The van der Waals surface area contributed by atoms with Crippen molar-refractivity contribution in [2.45, 2.75) is 40.6 Å². The summed E-state index contributed by atoms with van der Waals surface area (Å²) in [4.78, 5) is 15.6. The van der Waals surface area contributed by atoms with Crippen LogP contribution in [0.15, 0.2) is 45.3 Å². The van der Waals surface area contributed by atoms with Crippen LogP contribution >= 0.6 is 11.8 Å². The van der Waals surface area contributed by atoms with Crippen LogP contribution in [0.5, 0.6) is 5.75 Å². The van der Waals surface area contributed by atoms with Gasteiger partial charge in [0.05, 0.1) is 17.7 Å². The van der Waals surface area contributed by atoms with Gasteiger partial charge in [-0.05, 0) is 83.0 Å². The van der Waals surface area contributed by atoms with Crippen LogP contribution in [0.3, 0.4) is 0 Å². The Morgan fingerprint density at radius 1 is 1.19 bits per heavy atom. The van der Waals surface area contributed by atoms with E-state index in [-0.39, 0.29) is 10.8 Å². The van der Waals surface area contributed by atoms with Crippen LogP contribution in [0.2, 0.25) is 0 Å². The van der Waals surface area contributed by atoms with Gasteiger partial charge in [-0.15, -0.1) is 0 Å². The molecule has 0 amide bonds. The van der Waals surface area contributed by atoms with Gasteiger partial charge in [-0.1, -0.05) is 0 Å². The summed E-state index contributed by atoms with van der Waals surface area (Å²) in [5.41, 5.74) is 1.82. The molecule has 200 valence electrons. The number of sulfone groups is 1. The predicted molar refractivity (Wildman–Crippen MR) is 146 cm³/mol. The number of H-pyrrole nitrogens is 1. The van der Waals surface area contributed by atoms with Gasteiger partial charge in [0, 0.05) is 41.9 Å². The van der Waals surface area contributed by atoms with Crippen LogP contribution in [0.1, 0.15) is 30.1 Å². The van der Waals surface area contributed by atoms with E-state index < -0.39 is 9.84 Å². The van der Waals surface area contributed by atoms with Gasteiger partial charge in [0.1, 0.15) is 0 Å². The smallest absolute Gasteiger partial charge is 0.194 e. The fourth-order valence-electron chi connectivity index (χ4n) is 4.29. The van der Waals surface area contributed by atoms with Crippen molar-refractivity contribution in [1.82, 2.24) is 30.0 Å². The first-order valence-corrected chi connectivity index (χ1v) is 14.9. The number of aromatic amines is 1. The molecule has 1 aliphatic heterocycles. The Bertz CT molecular complexity index is 1300. The molecule has 0 spiro atoms. The van der Waals surface area contributed by atoms with Crippen molar-refractivity contribution in [3.8, 4) is 5.75 Å². The molecule has 0 bridgehead atoms. The van der Waals surface area contributed by atoms with Gasteiger partial charge >= 0.3 is 0 Å². The zero-order valence-corrected chi connectivity index (χ0v) is 23.6. The molecule has 1 saturated heterocycles. The first-order chi connectivity index (χ1) is 17.6. The van der Waals surface area contributed by atoms with Gasteiger partial charge in [0.2, 0.25) is 0 Å². The third kappa shape index (κ3) is 7.22. The number of hydrogen-bond acceptors (Lipinski definition) is 10. The molecule has 0 unspecified atom stereocenters. The molecule has 2 aromatic heterocycles. The standard InChI is InChI=1S/C25H35N7O3S2/c1-17-16-21(30-29-17)26-24-23(35-4)22(18-10-12-32(13-11-18)15-14-31(2)3)27-25(28-24)36-19-6-8-20(9-7-19)37(5,33)34/h6-9,16,18H,10-15H2,1-5H3,(H2,26,27,28,29,30). The van der Waals surface area contributed by atoms with Crippen molar-refractivity contribution in [3.05, 3.63) is 41.7 Å². The largest absolute Gasteiger partial charge is 0.491 e. The average Bonchev–Trinajstić information content (AvgIpc) is 3.27. The van der Waals surface area contributed by atoms with Gasteiger partial charge in [-0.25, -0.2) is 18.4 Å². The number of benzene rings is 1. The van der Waals surface area contributed by atoms with Crippen molar-refractivity contribution in [3.63, 3.8) is 0 Å². The maximum atomic E-state index is 11.8. The third-order valence-electron chi connectivity index (χ3n) is 6.33. The lowest BCUT2D eigenvalue weighted by atomic mass is 9.92. The maximum absolute atomic E-state index is 11.8. The Morgan fingerprint density at radius 2 is 1.89 bits per heavy atom. The van der Waals surface area contributed by atoms with Gasteiger partial charge < -0.3 is 19.9 Å². The Balaban J connectivity index is 1.63. The highest BCUT2D eigenvalue weighted by atomic mass is 32.2. The number of anilines is 2. The van der Waals surface area contributed by atoms with Crippen LogP contribution in [0.4, 0.5) is 11.6 Å². The molecular weight excluding hydrogens is 510 g/mol. The van der Waals surface area contributed by atoms with Crippen LogP contribution in [-0.4, -0.2) is 92.0 Å². The number of piperidine rings is 1. The molecular formula is C25H35N7O3S2. The Hall–Kier alpha value is -2.67. The highest BCUT2D eigenvalue weighted by molar-refractivity contribution is 7.99. The molecule has 0 radical (unpaired) electrons. The van der Waals surface area contributed by atoms with Crippen LogP contribution < -0.4 is 10.1 Å². The average molecular weight is 546 g/mol. The molecule has 0 saturated carbocycles. The molecule has 0 aliphatic carbocycles. The minimum atomic E-state index is -3.26. The monoisotopic (exact) mass is 545 g/mol. The summed E-state index contributed by atoms with van der Waals surface area (Å²) >= 11 is 1.39. The lowest BCUT2D eigenvalue weighted by molar-refractivity contribution is 0.191. The van der Waals surface area contributed by atoms with Crippen molar-refractivity contribution in [1.29, 1.82) is 0 Å². The molecule has 1 fully saturated rings. The predicted octanol–water partition coefficient (Wildman–Crippen LogP) is 3.56. The summed E-state index contributed by atoms with van der Waals surface area (Å²) < 4.78 is 29.5. The topological polar surface area (TPSA) is 116 Å². The molecule has 2 N–H and O–H groups in total. The molecule has 3 aromatic rings. The number of likely N-dealkylation sites (N-methyl/N-ethyl adjacent to an activating group) is 1. The molecule has 1 aromatic carbocycles. The van der Waals surface area contributed by atoms with Crippen molar-refractivity contribution in [2.24, 2.45) is 0 Å². The summed E-state index contributed by atoms with van der Waals surface area (Å²) in [7, 11) is 2.58. The van der Waals surface area contributed by atoms with E-state index in [1.807, 2.05) is 13.0 Å². The summed E-state index contributed by atoms with van der Waals surface area (Å²) in [6, 6.07) is 8.68. The minimum Gasteiger partial charge on any atom is -0.491 e. The molecule has 10 nitrogen and oxygen atoms in total. The van der Waals surface area contributed by atoms with E-state index in [2.05, 4.69) is 39.4 Å². The Labute approximate surface area is 223 Å². The molecule has 3 heterocycles. The van der Waals surface area contributed by atoms with E-state index >= 15 is 0 Å². The van der Waals surface area contributed by atoms with Crippen LogP contribution in [0.25, 0.3) is 0 Å². The lowest BCUT2D eigenvalue weighted by Crippen LogP contribution is -2.37. The SMILES string of the molecule is COc1c(Nc2cc(C)[nH]n2)nc(Sc2ccc(S(C)(=O)=O)cc2)nc1C1CCN(CCN(C)C)CC1. The van der Waals surface area contributed by atoms with Gasteiger partial charge in [0.25, 0.3) is 0 Å². The third-order valence-corrected chi connectivity index (χ3v) is 8.33. The normalized spacial score (nSPS) is 15.3. The highest BCUT2D eigenvalue weighted by Gasteiger charge is 2.28. The summed E-state index contributed by atoms with van der Waals surface area (Å²) in [5.74, 6) is 2.07. The number of aromatic nitrogens is 4. The van der Waals surface area contributed by atoms with E-state index in [9.17, 15) is 8.42 Å². The first kappa shape index (κ1) is 27.4. The quantitative estimate of drug-likeness (QED) is 0.366. The van der Waals surface area contributed by atoms with Crippen molar-refractivity contribution in [2.75, 3.05) is 59.0 Å². The zero-order chi connectivity index (χ0) is 26.6. The highest BCUT2D eigenvalue weighted by Crippen LogP contribution is 2.40.